The Morgan fingerprint density at radius 1 is 1.12 bits per heavy atom. The van der Waals surface area contributed by atoms with Crippen LogP contribution in [0.25, 0.3) is 0 Å². The second-order valence-electron chi connectivity index (χ2n) is 6.19. The molecule has 1 aliphatic heterocycles. The van der Waals surface area contributed by atoms with Crippen LogP contribution in [0.1, 0.15) is 30.3 Å². The van der Waals surface area contributed by atoms with Crippen molar-refractivity contribution in [3.63, 3.8) is 0 Å². The number of carbonyl (C=O) groups excluding carboxylic acids is 1. The number of nitrogens with zero attached hydrogens (tertiary/aromatic N) is 2. The van der Waals surface area contributed by atoms with Crippen LogP contribution in [0.15, 0.2) is 36.5 Å². The number of piperidine rings is 1. The Morgan fingerprint density at radius 2 is 1.79 bits per heavy atom. The lowest BCUT2D eigenvalue weighted by Gasteiger charge is -2.30. The first-order valence-corrected chi connectivity index (χ1v) is 8.75. The van der Waals surface area contributed by atoms with E-state index in [1.54, 1.807) is 30.5 Å². The zero-order chi connectivity index (χ0) is 17.1. The van der Waals surface area contributed by atoms with Crippen molar-refractivity contribution in [2.45, 2.75) is 19.8 Å². The molecule has 6 heteroatoms. The fourth-order valence-corrected chi connectivity index (χ4v) is 3.32. The molecule has 0 saturated carbocycles. The number of likely N-dealkylation sites (tertiary alicyclic amines) is 1. The highest BCUT2D eigenvalue weighted by molar-refractivity contribution is 6.35. The number of aromatic nitrogens is 1. The van der Waals surface area contributed by atoms with E-state index in [0.29, 0.717) is 21.7 Å². The van der Waals surface area contributed by atoms with Crippen LogP contribution in [0.5, 0.6) is 0 Å². The van der Waals surface area contributed by atoms with E-state index in [9.17, 15) is 4.79 Å². The van der Waals surface area contributed by atoms with Crippen LogP contribution in [-0.2, 0) is 0 Å². The van der Waals surface area contributed by atoms with Gasteiger partial charge in [0.05, 0.1) is 0 Å². The summed E-state index contributed by atoms with van der Waals surface area (Å²) in [7, 11) is 0. The van der Waals surface area contributed by atoms with E-state index in [0.717, 1.165) is 37.3 Å². The number of benzene rings is 1. The van der Waals surface area contributed by atoms with Gasteiger partial charge in [-0.25, -0.2) is 0 Å². The van der Waals surface area contributed by atoms with Gasteiger partial charge in [0.1, 0.15) is 5.69 Å². The number of hydrogen-bond donors (Lipinski definition) is 1. The first-order valence-electron chi connectivity index (χ1n) is 8.00. The zero-order valence-electron chi connectivity index (χ0n) is 13.4. The van der Waals surface area contributed by atoms with E-state index in [4.69, 9.17) is 23.2 Å². The van der Waals surface area contributed by atoms with Gasteiger partial charge < -0.3 is 10.2 Å². The van der Waals surface area contributed by atoms with Crippen molar-refractivity contribution in [1.82, 2.24) is 9.88 Å². The minimum absolute atomic E-state index is 0.0188. The number of anilines is 2. The molecular weight excluding hydrogens is 345 g/mol. The quantitative estimate of drug-likeness (QED) is 0.833. The van der Waals surface area contributed by atoms with E-state index in [1.807, 2.05) is 11.0 Å². The van der Waals surface area contributed by atoms with Crippen LogP contribution in [-0.4, -0.2) is 28.9 Å². The van der Waals surface area contributed by atoms with Crippen molar-refractivity contribution in [1.29, 1.82) is 0 Å². The number of rotatable bonds is 3. The van der Waals surface area contributed by atoms with Gasteiger partial charge in [0.15, 0.2) is 0 Å². The lowest BCUT2D eigenvalue weighted by Crippen LogP contribution is -2.38. The number of amides is 1. The molecule has 1 fully saturated rings. The lowest BCUT2D eigenvalue weighted by atomic mass is 9.99. The average Bonchev–Trinajstić information content (AvgIpc) is 2.54. The Morgan fingerprint density at radius 3 is 2.46 bits per heavy atom. The maximum absolute atomic E-state index is 12.6. The lowest BCUT2D eigenvalue weighted by molar-refractivity contribution is 0.0691. The molecule has 0 bridgehead atoms. The molecule has 2 aromatic rings. The summed E-state index contributed by atoms with van der Waals surface area (Å²) in [5.74, 6) is 0.664. The third kappa shape index (κ3) is 4.19. The molecule has 24 heavy (non-hydrogen) atoms. The molecule has 4 nitrogen and oxygen atoms in total. The summed E-state index contributed by atoms with van der Waals surface area (Å²) < 4.78 is 0. The molecular formula is C18H19Cl2N3O. The van der Waals surface area contributed by atoms with E-state index in [-0.39, 0.29) is 5.91 Å². The molecule has 1 saturated heterocycles. The second kappa shape index (κ2) is 7.41. The fraction of sp³-hybridized carbons (Fsp3) is 0.333. The standard InChI is InChI=1S/C18H19Cl2N3O/c1-12-3-6-23(7-4-12)18(24)17-11-15(2-5-21-17)22-16-9-13(19)8-14(20)10-16/h2,5,8-12H,3-4,6-7H2,1H3,(H,21,22). The summed E-state index contributed by atoms with van der Waals surface area (Å²) >= 11 is 12.0. The largest absolute Gasteiger partial charge is 0.355 e. The van der Waals surface area contributed by atoms with Gasteiger partial charge in [-0.1, -0.05) is 30.1 Å². The first-order chi connectivity index (χ1) is 11.5. The monoisotopic (exact) mass is 363 g/mol. The van der Waals surface area contributed by atoms with Crippen molar-refractivity contribution in [2.24, 2.45) is 5.92 Å². The molecule has 0 atom stereocenters. The Balaban J connectivity index is 1.75. The predicted octanol–water partition coefficient (Wildman–Crippen LogP) is 5.00. The summed E-state index contributed by atoms with van der Waals surface area (Å²) in [5.41, 5.74) is 1.99. The summed E-state index contributed by atoms with van der Waals surface area (Å²) in [6.45, 7) is 3.81. The van der Waals surface area contributed by atoms with Crippen molar-refractivity contribution in [3.8, 4) is 0 Å². The van der Waals surface area contributed by atoms with Gasteiger partial charge in [-0.2, -0.15) is 0 Å². The number of pyridine rings is 1. The molecule has 1 amide bonds. The minimum atomic E-state index is -0.0188. The molecule has 0 spiro atoms. The summed E-state index contributed by atoms with van der Waals surface area (Å²) in [6, 6.07) is 8.80. The van der Waals surface area contributed by atoms with Crippen molar-refractivity contribution < 1.29 is 4.79 Å². The number of halogens is 2. The average molecular weight is 364 g/mol. The third-order valence-electron chi connectivity index (χ3n) is 4.20. The normalized spacial score (nSPS) is 15.4. The second-order valence-corrected chi connectivity index (χ2v) is 7.06. The highest BCUT2D eigenvalue weighted by Crippen LogP contribution is 2.26. The Labute approximate surface area is 151 Å². The van der Waals surface area contributed by atoms with Crippen molar-refractivity contribution in [2.75, 3.05) is 18.4 Å². The summed E-state index contributed by atoms with van der Waals surface area (Å²) in [6.07, 6.45) is 3.73. The maximum Gasteiger partial charge on any atom is 0.272 e. The van der Waals surface area contributed by atoms with E-state index >= 15 is 0 Å². The number of hydrogen-bond acceptors (Lipinski definition) is 3. The molecule has 126 valence electrons. The maximum atomic E-state index is 12.6. The van der Waals surface area contributed by atoms with Gasteiger partial charge in [0, 0.05) is 40.7 Å². The molecule has 1 N–H and O–H groups in total. The van der Waals surface area contributed by atoms with Gasteiger partial charge >= 0.3 is 0 Å². The molecule has 2 heterocycles. The van der Waals surface area contributed by atoms with Gasteiger partial charge in [-0.3, -0.25) is 9.78 Å². The highest BCUT2D eigenvalue weighted by Gasteiger charge is 2.22. The van der Waals surface area contributed by atoms with Crippen LogP contribution >= 0.6 is 23.2 Å². The predicted molar refractivity (Wildman–Crippen MR) is 98.3 cm³/mol. The SMILES string of the molecule is CC1CCN(C(=O)c2cc(Nc3cc(Cl)cc(Cl)c3)ccn2)CC1. The summed E-state index contributed by atoms with van der Waals surface area (Å²) in [4.78, 5) is 18.7. The van der Waals surface area contributed by atoms with E-state index < -0.39 is 0 Å². The van der Waals surface area contributed by atoms with Gasteiger partial charge in [0.25, 0.3) is 5.91 Å². The zero-order valence-corrected chi connectivity index (χ0v) is 14.9. The van der Waals surface area contributed by atoms with Crippen molar-refractivity contribution >= 4 is 40.5 Å². The van der Waals surface area contributed by atoms with Crippen LogP contribution in [0.3, 0.4) is 0 Å². The molecule has 3 rings (SSSR count). The van der Waals surface area contributed by atoms with Crippen LogP contribution in [0.2, 0.25) is 10.0 Å². The smallest absolute Gasteiger partial charge is 0.272 e. The molecule has 1 aliphatic rings. The first kappa shape index (κ1) is 17.1. The molecule has 1 aromatic carbocycles. The van der Waals surface area contributed by atoms with Gasteiger partial charge in [0.2, 0.25) is 0 Å². The Bertz CT molecular complexity index is 723. The van der Waals surface area contributed by atoms with Crippen LogP contribution < -0.4 is 5.32 Å². The van der Waals surface area contributed by atoms with Crippen LogP contribution in [0.4, 0.5) is 11.4 Å². The van der Waals surface area contributed by atoms with Gasteiger partial charge in [-0.05, 0) is 49.1 Å². The topological polar surface area (TPSA) is 45.2 Å². The Kier molecular flexibility index (Phi) is 5.27. The molecule has 0 aliphatic carbocycles. The van der Waals surface area contributed by atoms with Gasteiger partial charge in [-0.15, -0.1) is 0 Å². The van der Waals surface area contributed by atoms with E-state index in [1.165, 1.54) is 0 Å². The number of carbonyl (C=O) groups is 1. The third-order valence-corrected chi connectivity index (χ3v) is 4.64. The van der Waals surface area contributed by atoms with Crippen molar-refractivity contribution in [3.05, 3.63) is 52.3 Å². The van der Waals surface area contributed by atoms with E-state index in [2.05, 4.69) is 17.2 Å². The fourth-order valence-electron chi connectivity index (χ4n) is 2.79. The minimum Gasteiger partial charge on any atom is -0.355 e. The molecule has 0 unspecified atom stereocenters. The number of nitrogens with one attached hydrogen (secondary N) is 1. The molecule has 0 radical (unpaired) electrons. The van der Waals surface area contributed by atoms with Crippen LogP contribution in [0, 0.1) is 5.92 Å². The Hall–Kier alpha value is -1.78. The highest BCUT2D eigenvalue weighted by atomic mass is 35.5. The summed E-state index contributed by atoms with van der Waals surface area (Å²) in [5, 5.41) is 4.32. The molecule has 1 aromatic heterocycles.